The van der Waals surface area contributed by atoms with Crippen LogP contribution in [0.2, 0.25) is 0 Å². The molecule has 0 aliphatic carbocycles. The molecule has 1 aliphatic heterocycles. The van der Waals surface area contributed by atoms with Crippen molar-refractivity contribution in [2.75, 3.05) is 6.54 Å². The van der Waals surface area contributed by atoms with Crippen LogP contribution < -0.4 is 5.32 Å². The Morgan fingerprint density at radius 3 is 2.88 bits per heavy atom. The van der Waals surface area contributed by atoms with E-state index in [2.05, 4.69) is 64.8 Å². The molecule has 0 spiro atoms. The number of urea groups is 1. The summed E-state index contributed by atoms with van der Waals surface area (Å²) >= 11 is 1.69. The summed E-state index contributed by atoms with van der Waals surface area (Å²) in [6.45, 7) is 3.35. The number of carbonyl (C=O) groups excluding carboxylic acids is 1. The minimum Gasteiger partial charge on any atom is -0.338 e. The molecule has 3 aromatic rings. The van der Waals surface area contributed by atoms with Crippen molar-refractivity contribution >= 4 is 17.4 Å². The fourth-order valence-electron chi connectivity index (χ4n) is 3.42. The maximum Gasteiger partial charge on any atom is 0.318 e. The Labute approximate surface area is 151 Å². The van der Waals surface area contributed by atoms with Gasteiger partial charge in [-0.3, -0.25) is 0 Å². The molecule has 0 saturated heterocycles. The summed E-state index contributed by atoms with van der Waals surface area (Å²) in [6.07, 6.45) is 3.01. The number of amides is 2. The van der Waals surface area contributed by atoms with Crippen LogP contribution in [0.4, 0.5) is 4.79 Å². The van der Waals surface area contributed by atoms with Gasteiger partial charge in [0.15, 0.2) is 0 Å². The second kappa shape index (κ2) is 6.76. The minimum atomic E-state index is -0.0840. The summed E-state index contributed by atoms with van der Waals surface area (Å²) < 4.78 is 2.22. The van der Waals surface area contributed by atoms with Gasteiger partial charge in [-0.15, -0.1) is 11.3 Å². The first kappa shape index (κ1) is 16.0. The first-order chi connectivity index (χ1) is 12.3. The molecule has 1 N–H and O–H groups in total. The second-order valence-corrected chi connectivity index (χ2v) is 7.19. The molecular formula is C20H21N3OS. The Morgan fingerprint density at radius 1 is 1.20 bits per heavy atom. The van der Waals surface area contributed by atoms with E-state index in [1.54, 1.807) is 11.3 Å². The molecule has 0 unspecified atom stereocenters. The van der Waals surface area contributed by atoms with Gasteiger partial charge < -0.3 is 14.8 Å². The summed E-state index contributed by atoms with van der Waals surface area (Å²) in [6, 6.07) is 16.6. The second-order valence-electron chi connectivity index (χ2n) is 6.21. The molecule has 1 aromatic carbocycles. The number of aromatic nitrogens is 1. The maximum absolute atomic E-state index is 13.0. The molecule has 1 atom stereocenters. The summed E-state index contributed by atoms with van der Waals surface area (Å²) in [5.74, 6) is 0. The molecular weight excluding hydrogens is 330 g/mol. The molecule has 4 nitrogen and oxygen atoms in total. The van der Waals surface area contributed by atoms with Gasteiger partial charge in [0.2, 0.25) is 0 Å². The van der Waals surface area contributed by atoms with Crippen molar-refractivity contribution in [2.45, 2.75) is 25.9 Å². The number of nitrogens with zero attached hydrogens (tertiary/aromatic N) is 2. The lowest BCUT2D eigenvalue weighted by molar-refractivity contribution is 0.181. The Bertz CT molecular complexity index is 869. The molecule has 2 amide bonds. The van der Waals surface area contributed by atoms with Crippen LogP contribution >= 0.6 is 11.3 Å². The van der Waals surface area contributed by atoms with Gasteiger partial charge in [0.25, 0.3) is 0 Å². The fourth-order valence-corrected chi connectivity index (χ4v) is 4.27. The third-order valence-electron chi connectivity index (χ3n) is 4.56. The van der Waals surface area contributed by atoms with E-state index < -0.39 is 0 Å². The van der Waals surface area contributed by atoms with E-state index in [1.165, 1.54) is 4.88 Å². The van der Waals surface area contributed by atoms with Crippen molar-refractivity contribution in [3.8, 4) is 5.69 Å². The number of fused-ring (bicyclic) bond motifs is 3. The van der Waals surface area contributed by atoms with Crippen molar-refractivity contribution in [1.82, 2.24) is 14.8 Å². The third kappa shape index (κ3) is 2.85. The van der Waals surface area contributed by atoms with Gasteiger partial charge in [-0.2, -0.15) is 0 Å². The Hall–Kier alpha value is -2.53. The van der Waals surface area contributed by atoms with Crippen molar-refractivity contribution in [3.63, 3.8) is 0 Å². The zero-order valence-electron chi connectivity index (χ0n) is 14.2. The standard InChI is InChI=1S/C20H21N3OS/c1-2-11-21-20(24)23-14-15-7-3-4-8-16(15)22-12-5-9-17(22)19(23)18-10-6-13-25-18/h3-10,12-13,19H,2,11,14H2,1H3,(H,21,24)/t19-/m0/s1. The molecule has 0 bridgehead atoms. The van der Waals surface area contributed by atoms with Crippen molar-refractivity contribution in [3.05, 3.63) is 76.2 Å². The first-order valence-corrected chi connectivity index (χ1v) is 9.51. The molecule has 0 radical (unpaired) electrons. The molecule has 4 rings (SSSR count). The maximum atomic E-state index is 13.0. The zero-order valence-corrected chi connectivity index (χ0v) is 15.0. The summed E-state index contributed by atoms with van der Waals surface area (Å²) in [7, 11) is 0. The molecule has 1 aliphatic rings. The molecule has 25 heavy (non-hydrogen) atoms. The van der Waals surface area contributed by atoms with Gasteiger partial charge in [-0.25, -0.2) is 4.79 Å². The molecule has 128 valence electrons. The Balaban J connectivity index is 1.86. The van der Waals surface area contributed by atoms with Crippen LogP contribution in [0.1, 0.15) is 35.5 Å². The quantitative estimate of drug-likeness (QED) is 0.738. The smallest absolute Gasteiger partial charge is 0.318 e. The summed E-state index contributed by atoms with van der Waals surface area (Å²) in [5.41, 5.74) is 3.43. The average Bonchev–Trinajstić information content (AvgIpc) is 3.30. The van der Waals surface area contributed by atoms with Crippen LogP contribution in [-0.4, -0.2) is 22.0 Å². The number of rotatable bonds is 3. The largest absolute Gasteiger partial charge is 0.338 e. The van der Waals surface area contributed by atoms with E-state index in [-0.39, 0.29) is 12.1 Å². The monoisotopic (exact) mass is 351 g/mol. The molecule has 0 saturated carbocycles. The fraction of sp³-hybridized carbons (Fsp3) is 0.250. The number of benzene rings is 1. The highest BCUT2D eigenvalue weighted by Gasteiger charge is 2.33. The highest BCUT2D eigenvalue weighted by molar-refractivity contribution is 7.10. The minimum absolute atomic E-state index is 0.00953. The van der Waals surface area contributed by atoms with E-state index in [0.29, 0.717) is 13.1 Å². The van der Waals surface area contributed by atoms with E-state index in [0.717, 1.165) is 23.4 Å². The van der Waals surface area contributed by atoms with E-state index in [4.69, 9.17) is 0 Å². The van der Waals surface area contributed by atoms with Gasteiger partial charge in [-0.05, 0) is 41.6 Å². The van der Waals surface area contributed by atoms with E-state index in [1.807, 2.05) is 17.0 Å². The number of carbonyl (C=O) groups is 1. The van der Waals surface area contributed by atoms with Gasteiger partial charge in [-0.1, -0.05) is 31.2 Å². The lowest BCUT2D eigenvalue weighted by atomic mass is 10.1. The number of thiophene rings is 1. The predicted octanol–water partition coefficient (Wildman–Crippen LogP) is 4.56. The summed E-state index contributed by atoms with van der Waals surface area (Å²) in [5, 5.41) is 5.13. The average molecular weight is 351 g/mol. The number of para-hydroxylation sites is 1. The van der Waals surface area contributed by atoms with Crippen LogP contribution in [0.25, 0.3) is 5.69 Å². The van der Waals surface area contributed by atoms with E-state index in [9.17, 15) is 4.79 Å². The summed E-state index contributed by atoms with van der Waals surface area (Å²) in [4.78, 5) is 16.1. The van der Waals surface area contributed by atoms with Crippen LogP contribution in [0.15, 0.2) is 60.1 Å². The Kier molecular flexibility index (Phi) is 4.32. The Morgan fingerprint density at radius 2 is 2.08 bits per heavy atom. The van der Waals surface area contributed by atoms with Gasteiger partial charge in [0.05, 0.1) is 17.9 Å². The lowest BCUT2D eigenvalue weighted by Crippen LogP contribution is -2.42. The molecule has 2 aromatic heterocycles. The normalized spacial score (nSPS) is 16.0. The highest BCUT2D eigenvalue weighted by atomic mass is 32.1. The topological polar surface area (TPSA) is 37.3 Å². The van der Waals surface area contributed by atoms with Gasteiger partial charge in [0, 0.05) is 17.6 Å². The number of nitrogens with one attached hydrogen (secondary N) is 1. The van der Waals surface area contributed by atoms with Gasteiger partial charge >= 0.3 is 6.03 Å². The number of hydrogen-bond donors (Lipinski definition) is 1. The van der Waals surface area contributed by atoms with Crippen LogP contribution in [0.5, 0.6) is 0 Å². The van der Waals surface area contributed by atoms with Gasteiger partial charge in [0.1, 0.15) is 6.04 Å². The van der Waals surface area contributed by atoms with Crippen molar-refractivity contribution < 1.29 is 4.79 Å². The number of hydrogen-bond acceptors (Lipinski definition) is 2. The van der Waals surface area contributed by atoms with Crippen LogP contribution in [0.3, 0.4) is 0 Å². The molecule has 0 fully saturated rings. The van der Waals surface area contributed by atoms with Crippen molar-refractivity contribution in [1.29, 1.82) is 0 Å². The SMILES string of the molecule is CCCNC(=O)N1Cc2ccccc2-n2cccc2[C@H]1c1cccs1. The predicted molar refractivity (Wildman–Crippen MR) is 101 cm³/mol. The zero-order chi connectivity index (χ0) is 17.2. The van der Waals surface area contributed by atoms with Crippen LogP contribution in [-0.2, 0) is 6.54 Å². The first-order valence-electron chi connectivity index (χ1n) is 8.63. The lowest BCUT2D eigenvalue weighted by Gasteiger charge is -2.30. The van der Waals surface area contributed by atoms with Crippen LogP contribution in [0, 0.1) is 0 Å². The third-order valence-corrected chi connectivity index (χ3v) is 5.49. The van der Waals surface area contributed by atoms with Crippen molar-refractivity contribution in [2.24, 2.45) is 0 Å². The molecule has 5 heteroatoms. The highest BCUT2D eigenvalue weighted by Crippen LogP contribution is 2.38. The molecule has 3 heterocycles. The van der Waals surface area contributed by atoms with E-state index >= 15 is 0 Å².